The summed E-state index contributed by atoms with van der Waals surface area (Å²) in [6, 6.07) is 8.09. The summed E-state index contributed by atoms with van der Waals surface area (Å²) in [7, 11) is 3.84. The van der Waals surface area contributed by atoms with Crippen LogP contribution in [0.15, 0.2) is 24.3 Å². The third-order valence-corrected chi connectivity index (χ3v) is 5.20. The second kappa shape index (κ2) is 6.79. The smallest absolute Gasteiger partial charge is 0.317 e. The molecule has 2 aliphatic heterocycles. The minimum Gasteiger partial charge on any atom is -0.497 e. The summed E-state index contributed by atoms with van der Waals surface area (Å²) in [4.78, 5) is 16.7. The summed E-state index contributed by atoms with van der Waals surface area (Å²) in [5.41, 5.74) is 1.56. The molecule has 2 amide bonds. The van der Waals surface area contributed by atoms with E-state index in [-0.39, 0.29) is 6.03 Å². The Morgan fingerprint density at radius 3 is 2.61 bits per heavy atom. The predicted octanol–water partition coefficient (Wildman–Crippen LogP) is 1.97. The van der Waals surface area contributed by atoms with Crippen molar-refractivity contribution < 1.29 is 9.53 Å². The van der Waals surface area contributed by atoms with Crippen LogP contribution in [0.1, 0.15) is 18.4 Å². The Labute approximate surface area is 138 Å². The first-order valence-electron chi connectivity index (χ1n) is 8.44. The molecule has 1 aromatic rings. The largest absolute Gasteiger partial charge is 0.497 e. The van der Waals surface area contributed by atoms with E-state index in [2.05, 4.69) is 17.3 Å². The van der Waals surface area contributed by atoms with Crippen LogP contribution >= 0.6 is 0 Å². The van der Waals surface area contributed by atoms with Crippen molar-refractivity contribution in [3.63, 3.8) is 0 Å². The number of likely N-dealkylation sites (tertiary alicyclic amines) is 2. The van der Waals surface area contributed by atoms with Gasteiger partial charge in [0.15, 0.2) is 0 Å². The lowest BCUT2D eigenvalue weighted by molar-refractivity contribution is 0.200. The Bertz CT molecular complexity index is 546. The molecule has 126 valence electrons. The maximum atomic E-state index is 12.3. The molecule has 1 N–H and O–H groups in total. The van der Waals surface area contributed by atoms with Gasteiger partial charge in [-0.25, -0.2) is 4.79 Å². The molecule has 1 aromatic carbocycles. The van der Waals surface area contributed by atoms with Crippen LogP contribution < -0.4 is 10.1 Å². The number of hydrogen-bond acceptors (Lipinski definition) is 3. The van der Waals surface area contributed by atoms with E-state index in [0.29, 0.717) is 12.0 Å². The molecule has 5 heteroatoms. The van der Waals surface area contributed by atoms with E-state index < -0.39 is 0 Å². The first-order chi connectivity index (χ1) is 11.1. The molecule has 2 saturated heterocycles. The highest BCUT2D eigenvalue weighted by Crippen LogP contribution is 2.38. The number of methoxy groups -OCH3 is 1. The fraction of sp³-hybridized carbons (Fsp3) is 0.611. The molecule has 5 nitrogen and oxygen atoms in total. The minimum absolute atomic E-state index is 0.0879. The zero-order chi connectivity index (χ0) is 16.3. The van der Waals surface area contributed by atoms with Crippen molar-refractivity contribution in [2.75, 3.05) is 46.9 Å². The molecule has 0 bridgehead atoms. The molecular weight excluding hydrogens is 290 g/mol. The van der Waals surface area contributed by atoms with Gasteiger partial charge in [-0.1, -0.05) is 12.1 Å². The van der Waals surface area contributed by atoms with E-state index in [1.807, 2.05) is 29.2 Å². The molecule has 2 heterocycles. The van der Waals surface area contributed by atoms with E-state index in [9.17, 15) is 4.79 Å². The van der Waals surface area contributed by atoms with Crippen LogP contribution in [0.25, 0.3) is 0 Å². The summed E-state index contributed by atoms with van der Waals surface area (Å²) in [6.45, 7) is 4.76. The number of urea groups is 1. The van der Waals surface area contributed by atoms with E-state index in [4.69, 9.17) is 4.74 Å². The van der Waals surface area contributed by atoms with Crippen LogP contribution in [0, 0.1) is 5.41 Å². The normalized spacial score (nSPS) is 24.3. The number of ether oxygens (including phenoxy) is 1. The number of nitrogens with one attached hydrogen (secondary N) is 1. The Hall–Kier alpha value is -1.75. The van der Waals surface area contributed by atoms with Crippen LogP contribution in [-0.2, 0) is 6.42 Å². The Morgan fingerprint density at radius 2 is 1.96 bits per heavy atom. The van der Waals surface area contributed by atoms with Gasteiger partial charge in [0.1, 0.15) is 5.75 Å². The number of rotatable bonds is 4. The molecule has 2 aliphatic rings. The standard InChI is InChI=1S/C18H27N3O2/c1-20-11-8-18(13-20)9-12-21(14-18)17(22)19-10-7-15-3-5-16(23-2)6-4-15/h3-6H,7-14H2,1-2H3,(H,19,22). The van der Waals surface area contributed by atoms with Crippen LogP contribution in [0.3, 0.4) is 0 Å². The Morgan fingerprint density at radius 1 is 1.22 bits per heavy atom. The van der Waals surface area contributed by atoms with E-state index in [1.165, 1.54) is 12.0 Å². The molecule has 1 spiro atoms. The zero-order valence-electron chi connectivity index (χ0n) is 14.2. The van der Waals surface area contributed by atoms with Crippen molar-refractivity contribution in [2.45, 2.75) is 19.3 Å². The highest BCUT2D eigenvalue weighted by molar-refractivity contribution is 5.74. The van der Waals surface area contributed by atoms with E-state index >= 15 is 0 Å². The monoisotopic (exact) mass is 317 g/mol. The van der Waals surface area contributed by atoms with Gasteiger partial charge in [-0.05, 0) is 50.6 Å². The zero-order valence-corrected chi connectivity index (χ0v) is 14.2. The minimum atomic E-state index is 0.0879. The lowest BCUT2D eigenvalue weighted by atomic mass is 9.86. The Kier molecular flexibility index (Phi) is 4.76. The average Bonchev–Trinajstić information content (AvgIpc) is 3.14. The number of amides is 2. The molecular formula is C18H27N3O2. The topological polar surface area (TPSA) is 44.8 Å². The van der Waals surface area contributed by atoms with Crippen LogP contribution in [0.5, 0.6) is 5.75 Å². The van der Waals surface area contributed by atoms with Crippen molar-refractivity contribution in [1.29, 1.82) is 0 Å². The molecule has 2 fully saturated rings. The molecule has 0 aliphatic carbocycles. The fourth-order valence-electron chi connectivity index (χ4n) is 3.82. The van der Waals surface area contributed by atoms with E-state index in [0.717, 1.165) is 44.8 Å². The molecule has 0 saturated carbocycles. The van der Waals surface area contributed by atoms with Gasteiger partial charge in [-0.15, -0.1) is 0 Å². The van der Waals surface area contributed by atoms with Crippen molar-refractivity contribution in [2.24, 2.45) is 5.41 Å². The number of carbonyl (C=O) groups is 1. The van der Waals surface area contributed by atoms with Crippen molar-refractivity contribution in [3.05, 3.63) is 29.8 Å². The SMILES string of the molecule is COc1ccc(CCNC(=O)N2CCC3(CCN(C)C3)C2)cc1. The van der Waals surface area contributed by atoms with Gasteiger partial charge in [0.25, 0.3) is 0 Å². The van der Waals surface area contributed by atoms with Gasteiger partial charge < -0.3 is 19.9 Å². The number of benzene rings is 1. The number of carbonyl (C=O) groups excluding carboxylic acids is 1. The second-order valence-electron chi connectivity index (χ2n) is 6.99. The fourth-order valence-corrected chi connectivity index (χ4v) is 3.82. The lowest BCUT2D eigenvalue weighted by Gasteiger charge is -2.24. The number of hydrogen-bond donors (Lipinski definition) is 1. The molecule has 3 rings (SSSR count). The first kappa shape index (κ1) is 16.1. The molecule has 23 heavy (non-hydrogen) atoms. The summed E-state index contributed by atoms with van der Waals surface area (Å²) in [5.74, 6) is 0.863. The maximum Gasteiger partial charge on any atom is 0.317 e. The Balaban J connectivity index is 1.43. The van der Waals surface area contributed by atoms with Gasteiger partial charge in [-0.3, -0.25) is 0 Å². The lowest BCUT2D eigenvalue weighted by Crippen LogP contribution is -2.41. The van der Waals surface area contributed by atoms with E-state index in [1.54, 1.807) is 7.11 Å². The summed E-state index contributed by atoms with van der Waals surface area (Å²) in [5, 5.41) is 3.06. The predicted molar refractivity (Wildman–Crippen MR) is 90.8 cm³/mol. The molecule has 1 atom stereocenters. The van der Waals surface area contributed by atoms with Crippen LogP contribution in [0.2, 0.25) is 0 Å². The van der Waals surface area contributed by atoms with Gasteiger partial charge in [0.05, 0.1) is 7.11 Å². The molecule has 0 aromatic heterocycles. The third-order valence-electron chi connectivity index (χ3n) is 5.20. The van der Waals surface area contributed by atoms with Gasteiger partial charge in [-0.2, -0.15) is 0 Å². The van der Waals surface area contributed by atoms with Crippen molar-refractivity contribution >= 4 is 6.03 Å². The summed E-state index contributed by atoms with van der Waals surface area (Å²) in [6.07, 6.45) is 3.21. The average molecular weight is 317 g/mol. The molecule has 0 radical (unpaired) electrons. The highest BCUT2D eigenvalue weighted by atomic mass is 16.5. The third kappa shape index (κ3) is 3.78. The summed E-state index contributed by atoms with van der Waals surface area (Å²) >= 11 is 0. The van der Waals surface area contributed by atoms with Gasteiger partial charge in [0, 0.05) is 31.6 Å². The summed E-state index contributed by atoms with van der Waals surface area (Å²) < 4.78 is 5.15. The first-order valence-corrected chi connectivity index (χ1v) is 8.44. The van der Waals surface area contributed by atoms with Crippen LogP contribution in [-0.4, -0.2) is 62.7 Å². The van der Waals surface area contributed by atoms with Gasteiger partial charge >= 0.3 is 6.03 Å². The maximum absolute atomic E-state index is 12.3. The van der Waals surface area contributed by atoms with Crippen LogP contribution in [0.4, 0.5) is 4.79 Å². The highest BCUT2D eigenvalue weighted by Gasteiger charge is 2.43. The van der Waals surface area contributed by atoms with Crippen molar-refractivity contribution in [3.8, 4) is 5.75 Å². The second-order valence-corrected chi connectivity index (χ2v) is 6.99. The van der Waals surface area contributed by atoms with Crippen molar-refractivity contribution in [1.82, 2.24) is 15.1 Å². The quantitative estimate of drug-likeness (QED) is 0.923. The van der Waals surface area contributed by atoms with Gasteiger partial charge in [0.2, 0.25) is 0 Å². The number of nitrogens with zero attached hydrogens (tertiary/aromatic N) is 2. The molecule has 1 unspecified atom stereocenters.